The van der Waals surface area contributed by atoms with Crippen molar-refractivity contribution in [3.63, 3.8) is 0 Å². The second-order valence-corrected chi connectivity index (χ2v) is 9.47. The summed E-state index contributed by atoms with van der Waals surface area (Å²) in [6.45, 7) is 5.13. The molecule has 10 heteroatoms. The molecule has 3 aliphatic rings. The first kappa shape index (κ1) is 22.8. The van der Waals surface area contributed by atoms with Gasteiger partial charge in [0.15, 0.2) is 0 Å². The molecule has 0 aromatic carbocycles. The molecule has 2 aromatic rings. The summed E-state index contributed by atoms with van der Waals surface area (Å²) in [7, 11) is 2.11. The van der Waals surface area contributed by atoms with E-state index in [-0.39, 0.29) is 29.9 Å². The van der Waals surface area contributed by atoms with Gasteiger partial charge in [0.2, 0.25) is 11.8 Å². The number of imidazole rings is 1. The Morgan fingerprint density at radius 2 is 1.97 bits per heavy atom. The number of aromatic nitrogens is 3. The van der Waals surface area contributed by atoms with Crippen LogP contribution in [0.3, 0.4) is 0 Å². The van der Waals surface area contributed by atoms with Crippen LogP contribution in [0, 0.1) is 0 Å². The minimum absolute atomic E-state index is 0.0837. The summed E-state index contributed by atoms with van der Waals surface area (Å²) < 4.78 is 0. The van der Waals surface area contributed by atoms with Crippen molar-refractivity contribution in [1.82, 2.24) is 35.0 Å². The summed E-state index contributed by atoms with van der Waals surface area (Å²) in [6, 6.07) is 6.05. The van der Waals surface area contributed by atoms with E-state index >= 15 is 0 Å². The molecule has 0 bridgehead atoms. The summed E-state index contributed by atoms with van der Waals surface area (Å²) in [4.78, 5) is 46.6. The molecule has 3 aliphatic heterocycles. The highest BCUT2D eigenvalue weighted by Crippen LogP contribution is 2.28. The third kappa shape index (κ3) is 4.78. The molecule has 0 radical (unpaired) electrons. The second kappa shape index (κ2) is 10.1. The van der Waals surface area contributed by atoms with Crippen LogP contribution in [0.15, 0.2) is 36.8 Å². The number of carbonyl (C=O) groups excluding carboxylic acids is 2. The number of amides is 2. The lowest BCUT2D eigenvalue weighted by Gasteiger charge is -2.36. The molecule has 5 heterocycles. The van der Waals surface area contributed by atoms with Crippen LogP contribution in [0.25, 0.3) is 0 Å². The van der Waals surface area contributed by atoms with Gasteiger partial charge in [0.25, 0.3) is 0 Å². The fourth-order valence-corrected chi connectivity index (χ4v) is 5.58. The van der Waals surface area contributed by atoms with E-state index in [4.69, 9.17) is 0 Å². The van der Waals surface area contributed by atoms with E-state index in [1.54, 1.807) is 12.4 Å². The third-order valence-corrected chi connectivity index (χ3v) is 7.55. The van der Waals surface area contributed by atoms with Crippen molar-refractivity contribution in [3.05, 3.63) is 42.6 Å². The number of likely N-dealkylation sites (N-methyl/N-ethyl adjacent to an activating group) is 1. The number of likely N-dealkylation sites (tertiary alicyclic amines) is 1. The normalized spacial score (nSPS) is 26.3. The number of carbonyl (C=O) groups is 2. The number of piperazine rings is 1. The van der Waals surface area contributed by atoms with Crippen LogP contribution in [0.5, 0.6) is 0 Å². The smallest absolute Gasteiger partial charge is 0.239 e. The second-order valence-electron chi connectivity index (χ2n) is 9.47. The van der Waals surface area contributed by atoms with Gasteiger partial charge in [-0.1, -0.05) is 6.07 Å². The van der Waals surface area contributed by atoms with Gasteiger partial charge >= 0.3 is 0 Å². The van der Waals surface area contributed by atoms with Crippen molar-refractivity contribution in [2.24, 2.45) is 0 Å². The van der Waals surface area contributed by atoms with Gasteiger partial charge in [-0.3, -0.25) is 19.4 Å². The number of anilines is 1. The van der Waals surface area contributed by atoms with E-state index in [1.807, 2.05) is 29.3 Å². The van der Waals surface area contributed by atoms with Crippen LogP contribution < -0.4 is 10.2 Å². The van der Waals surface area contributed by atoms with Gasteiger partial charge in [-0.2, -0.15) is 0 Å². The van der Waals surface area contributed by atoms with Crippen molar-refractivity contribution < 1.29 is 9.59 Å². The molecule has 34 heavy (non-hydrogen) atoms. The van der Waals surface area contributed by atoms with E-state index in [1.165, 1.54) is 0 Å². The van der Waals surface area contributed by atoms with Crippen LogP contribution in [0.4, 0.5) is 5.82 Å². The first-order valence-electron chi connectivity index (χ1n) is 12.3. The van der Waals surface area contributed by atoms with Crippen molar-refractivity contribution in [2.75, 3.05) is 51.2 Å². The first-order valence-corrected chi connectivity index (χ1v) is 12.3. The number of nitrogens with zero attached hydrogens (tertiary/aromatic N) is 6. The Balaban J connectivity index is 1.13. The zero-order chi connectivity index (χ0) is 23.5. The fraction of sp³-hybridized carbons (Fsp3) is 0.583. The molecule has 3 fully saturated rings. The molecule has 3 saturated heterocycles. The minimum Gasteiger partial charge on any atom is -0.353 e. The van der Waals surface area contributed by atoms with Gasteiger partial charge < -0.3 is 20.1 Å². The highest BCUT2D eigenvalue weighted by molar-refractivity contribution is 5.83. The SMILES string of the molecule is CN1C(CCC(=O)N2CCN(c3ccccn3)CC2)CNC(=O)C2C1CCN2Cc1ncc[nH]1. The number of hydrogen-bond donors (Lipinski definition) is 2. The standard InChI is InChI=1S/C24H34N8O2/c1-29-18(5-6-22(33)31-14-12-30(13-15-31)21-4-2-3-8-27-21)16-28-24(34)23-19(29)7-11-32(23)17-20-25-9-10-26-20/h2-4,8-10,18-19,23H,5-7,11-17H2,1H3,(H,25,26)(H,28,34). The maximum atomic E-state index is 13.0. The summed E-state index contributed by atoms with van der Waals surface area (Å²) in [5, 5.41) is 3.14. The first-order chi connectivity index (χ1) is 16.6. The number of nitrogens with one attached hydrogen (secondary N) is 2. The Morgan fingerprint density at radius 3 is 2.71 bits per heavy atom. The van der Waals surface area contributed by atoms with Crippen LogP contribution in [-0.2, 0) is 16.1 Å². The Hall–Kier alpha value is -2.98. The molecule has 3 atom stereocenters. The van der Waals surface area contributed by atoms with Crippen molar-refractivity contribution in [1.29, 1.82) is 0 Å². The van der Waals surface area contributed by atoms with Gasteiger partial charge in [0.1, 0.15) is 17.7 Å². The van der Waals surface area contributed by atoms with Gasteiger partial charge in [-0.25, -0.2) is 9.97 Å². The fourth-order valence-electron chi connectivity index (χ4n) is 5.58. The lowest BCUT2D eigenvalue weighted by Crippen LogP contribution is -2.50. The average molecular weight is 467 g/mol. The lowest BCUT2D eigenvalue weighted by molar-refractivity contribution is -0.132. The Kier molecular flexibility index (Phi) is 6.77. The molecule has 10 nitrogen and oxygen atoms in total. The van der Waals surface area contributed by atoms with Crippen LogP contribution in [0.2, 0.25) is 0 Å². The number of rotatable bonds is 6. The molecule has 0 spiro atoms. The Morgan fingerprint density at radius 1 is 1.12 bits per heavy atom. The molecule has 5 rings (SSSR count). The van der Waals surface area contributed by atoms with Crippen LogP contribution in [-0.4, -0.2) is 106 Å². The van der Waals surface area contributed by atoms with Gasteiger partial charge in [0.05, 0.1) is 6.54 Å². The third-order valence-electron chi connectivity index (χ3n) is 7.55. The van der Waals surface area contributed by atoms with E-state index in [2.05, 4.69) is 42.0 Å². The molecular formula is C24H34N8O2. The number of hydrogen-bond acceptors (Lipinski definition) is 7. The number of fused-ring (bicyclic) bond motifs is 1. The zero-order valence-electron chi connectivity index (χ0n) is 19.8. The van der Waals surface area contributed by atoms with Gasteiger partial charge in [-0.15, -0.1) is 0 Å². The predicted octanol–water partition coefficient (Wildman–Crippen LogP) is 0.307. The molecule has 182 valence electrons. The van der Waals surface area contributed by atoms with E-state index in [0.29, 0.717) is 19.5 Å². The largest absolute Gasteiger partial charge is 0.353 e. The maximum absolute atomic E-state index is 13.0. The molecular weight excluding hydrogens is 432 g/mol. The van der Waals surface area contributed by atoms with E-state index in [0.717, 1.165) is 57.2 Å². The Bertz CT molecular complexity index is 961. The lowest BCUT2D eigenvalue weighted by atomic mass is 10.0. The van der Waals surface area contributed by atoms with Crippen LogP contribution >= 0.6 is 0 Å². The predicted molar refractivity (Wildman–Crippen MR) is 128 cm³/mol. The highest BCUT2D eigenvalue weighted by Gasteiger charge is 2.45. The molecule has 0 saturated carbocycles. The maximum Gasteiger partial charge on any atom is 0.239 e. The number of pyridine rings is 1. The Labute approximate surface area is 200 Å². The molecule has 2 aromatic heterocycles. The van der Waals surface area contributed by atoms with Gasteiger partial charge in [-0.05, 0) is 32.0 Å². The monoisotopic (exact) mass is 466 g/mol. The molecule has 2 N–H and O–H groups in total. The van der Waals surface area contributed by atoms with Crippen molar-refractivity contribution in [2.45, 2.75) is 43.9 Å². The minimum atomic E-state index is -0.185. The van der Waals surface area contributed by atoms with Gasteiger partial charge in [0, 0.05) is 76.4 Å². The summed E-state index contributed by atoms with van der Waals surface area (Å²) in [5.41, 5.74) is 0. The van der Waals surface area contributed by atoms with Crippen LogP contribution in [0.1, 0.15) is 25.1 Å². The van der Waals surface area contributed by atoms with Crippen molar-refractivity contribution in [3.8, 4) is 0 Å². The summed E-state index contributed by atoms with van der Waals surface area (Å²) >= 11 is 0. The van der Waals surface area contributed by atoms with E-state index in [9.17, 15) is 9.59 Å². The zero-order valence-corrected chi connectivity index (χ0v) is 19.8. The molecule has 3 unspecified atom stereocenters. The average Bonchev–Trinajstić information content (AvgIpc) is 3.52. The summed E-state index contributed by atoms with van der Waals surface area (Å²) in [5.74, 6) is 2.13. The highest BCUT2D eigenvalue weighted by atomic mass is 16.2. The topological polar surface area (TPSA) is 101 Å². The summed E-state index contributed by atoms with van der Waals surface area (Å²) in [6.07, 6.45) is 7.55. The van der Waals surface area contributed by atoms with E-state index < -0.39 is 0 Å². The number of aromatic amines is 1. The molecule has 2 amide bonds. The molecule has 0 aliphatic carbocycles. The van der Waals surface area contributed by atoms with Crippen molar-refractivity contribution >= 4 is 17.6 Å². The number of H-pyrrole nitrogens is 1. The quantitative estimate of drug-likeness (QED) is 0.632.